The van der Waals surface area contributed by atoms with Crippen molar-refractivity contribution in [2.75, 3.05) is 25.4 Å². The number of nitrogens with zero attached hydrogens (tertiary/aromatic N) is 1. The number of likely N-dealkylation sites (tertiary alicyclic amines) is 1. The first-order chi connectivity index (χ1) is 11.0. The standard InChI is InChI=1S/C15H18ClN3O4/c16-11-7-10(13-9(12(11)17)3-6-23-13)14(20)18-8-1-4-19(5-2-8)15(21)22/h7-8H,1-6,17H2,(H,18,20)(H,21,22). The number of nitrogens with two attached hydrogens (primary N) is 1. The van der Waals surface area contributed by atoms with Crippen LogP contribution in [0.4, 0.5) is 10.5 Å². The first kappa shape index (κ1) is 15.7. The number of carboxylic acid groups (broad SMARTS) is 1. The molecule has 0 atom stereocenters. The molecule has 1 aromatic carbocycles. The summed E-state index contributed by atoms with van der Waals surface area (Å²) in [5, 5.41) is 12.2. The van der Waals surface area contributed by atoms with Crippen molar-refractivity contribution in [2.45, 2.75) is 25.3 Å². The van der Waals surface area contributed by atoms with Crippen LogP contribution in [-0.4, -0.2) is 47.7 Å². The number of fused-ring (bicyclic) bond motifs is 1. The Morgan fingerprint density at radius 2 is 2.09 bits per heavy atom. The van der Waals surface area contributed by atoms with Crippen molar-refractivity contribution in [1.82, 2.24) is 10.2 Å². The Hall–Kier alpha value is -2.15. The molecule has 23 heavy (non-hydrogen) atoms. The van der Waals surface area contributed by atoms with Gasteiger partial charge in [0.2, 0.25) is 0 Å². The van der Waals surface area contributed by atoms with Gasteiger partial charge >= 0.3 is 6.09 Å². The van der Waals surface area contributed by atoms with E-state index in [9.17, 15) is 9.59 Å². The molecule has 0 unspecified atom stereocenters. The largest absolute Gasteiger partial charge is 0.492 e. The number of anilines is 1. The topological polar surface area (TPSA) is 105 Å². The van der Waals surface area contributed by atoms with E-state index < -0.39 is 6.09 Å². The molecule has 124 valence electrons. The van der Waals surface area contributed by atoms with Gasteiger partial charge in [0.25, 0.3) is 5.91 Å². The second-order valence-corrected chi connectivity index (χ2v) is 6.15. The molecule has 3 rings (SSSR count). The first-order valence-electron chi connectivity index (χ1n) is 7.49. The Morgan fingerprint density at radius 3 is 2.74 bits per heavy atom. The molecule has 0 bridgehead atoms. The third kappa shape index (κ3) is 3.01. The molecule has 0 aliphatic carbocycles. The van der Waals surface area contributed by atoms with E-state index in [0.29, 0.717) is 61.0 Å². The third-order valence-electron chi connectivity index (χ3n) is 4.32. The number of hydrogen-bond acceptors (Lipinski definition) is 4. The Bertz CT molecular complexity index is 657. The zero-order valence-corrected chi connectivity index (χ0v) is 13.2. The lowest BCUT2D eigenvalue weighted by Crippen LogP contribution is -2.46. The summed E-state index contributed by atoms with van der Waals surface area (Å²) in [6.45, 7) is 1.31. The fourth-order valence-corrected chi connectivity index (χ4v) is 3.24. The highest BCUT2D eigenvalue weighted by Gasteiger charge is 2.28. The molecule has 0 saturated carbocycles. The van der Waals surface area contributed by atoms with Gasteiger partial charge in [0, 0.05) is 31.1 Å². The van der Waals surface area contributed by atoms with Gasteiger partial charge in [0.15, 0.2) is 0 Å². The van der Waals surface area contributed by atoms with Crippen LogP contribution in [0.15, 0.2) is 6.07 Å². The van der Waals surface area contributed by atoms with E-state index in [1.807, 2.05) is 0 Å². The van der Waals surface area contributed by atoms with E-state index in [1.165, 1.54) is 11.0 Å². The molecule has 7 nitrogen and oxygen atoms in total. The van der Waals surface area contributed by atoms with Gasteiger partial charge in [-0.15, -0.1) is 0 Å². The molecule has 1 aromatic rings. The number of carbonyl (C=O) groups excluding carboxylic acids is 1. The summed E-state index contributed by atoms with van der Waals surface area (Å²) >= 11 is 6.11. The van der Waals surface area contributed by atoms with Crippen molar-refractivity contribution >= 4 is 29.3 Å². The van der Waals surface area contributed by atoms with Crippen molar-refractivity contribution in [3.8, 4) is 5.75 Å². The quantitative estimate of drug-likeness (QED) is 0.712. The van der Waals surface area contributed by atoms with Gasteiger partial charge in [0.05, 0.1) is 22.9 Å². The van der Waals surface area contributed by atoms with Crippen LogP contribution in [0, 0.1) is 0 Å². The van der Waals surface area contributed by atoms with Crippen LogP contribution in [0.5, 0.6) is 5.75 Å². The van der Waals surface area contributed by atoms with Gasteiger partial charge in [-0.1, -0.05) is 11.6 Å². The molecule has 1 fully saturated rings. The summed E-state index contributed by atoms with van der Waals surface area (Å²) in [7, 11) is 0. The van der Waals surface area contributed by atoms with Crippen molar-refractivity contribution in [3.63, 3.8) is 0 Å². The summed E-state index contributed by atoms with van der Waals surface area (Å²) < 4.78 is 5.54. The minimum absolute atomic E-state index is 0.0634. The van der Waals surface area contributed by atoms with Gasteiger partial charge in [-0.25, -0.2) is 4.79 Å². The fourth-order valence-electron chi connectivity index (χ4n) is 3.01. The number of amides is 2. The monoisotopic (exact) mass is 339 g/mol. The van der Waals surface area contributed by atoms with Crippen LogP contribution in [-0.2, 0) is 6.42 Å². The van der Waals surface area contributed by atoms with E-state index in [2.05, 4.69) is 5.32 Å². The number of ether oxygens (including phenoxy) is 1. The van der Waals surface area contributed by atoms with Crippen molar-refractivity contribution < 1.29 is 19.4 Å². The maximum atomic E-state index is 12.5. The number of carbonyl (C=O) groups is 2. The predicted molar refractivity (Wildman–Crippen MR) is 85.1 cm³/mol. The Labute approximate surface area is 138 Å². The number of halogens is 1. The van der Waals surface area contributed by atoms with Crippen LogP contribution < -0.4 is 15.8 Å². The van der Waals surface area contributed by atoms with E-state index in [0.717, 1.165) is 5.56 Å². The lowest BCUT2D eigenvalue weighted by atomic mass is 10.0. The molecule has 0 radical (unpaired) electrons. The molecule has 4 N–H and O–H groups in total. The van der Waals surface area contributed by atoms with Gasteiger partial charge in [-0.05, 0) is 18.9 Å². The van der Waals surface area contributed by atoms with Crippen LogP contribution in [0.25, 0.3) is 0 Å². The summed E-state index contributed by atoms with van der Waals surface area (Å²) in [5.41, 5.74) is 7.56. The molecular weight excluding hydrogens is 322 g/mol. The first-order valence-corrected chi connectivity index (χ1v) is 7.87. The predicted octanol–water partition coefficient (Wildman–Crippen LogP) is 1.73. The van der Waals surface area contributed by atoms with Crippen molar-refractivity contribution in [2.24, 2.45) is 0 Å². The molecular formula is C15H18ClN3O4. The SMILES string of the molecule is Nc1c(Cl)cc(C(=O)NC2CCN(C(=O)O)CC2)c2c1CCO2. The van der Waals surface area contributed by atoms with Crippen molar-refractivity contribution in [1.29, 1.82) is 0 Å². The second kappa shape index (κ2) is 6.16. The van der Waals surface area contributed by atoms with E-state index in [-0.39, 0.29) is 11.9 Å². The highest BCUT2D eigenvalue weighted by Crippen LogP contribution is 2.38. The number of hydrogen-bond donors (Lipinski definition) is 3. The second-order valence-electron chi connectivity index (χ2n) is 5.74. The number of piperidine rings is 1. The maximum absolute atomic E-state index is 12.5. The van der Waals surface area contributed by atoms with Gasteiger partial charge < -0.3 is 25.8 Å². The van der Waals surface area contributed by atoms with Crippen LogP contribution in [0.1, 0.15) is 28.8 Å². The number of nitrogen functional groups attached to an aromatic ring is 1. The van der Waals surface area contributed by atoms with Gasteiger partial charge in [-0.2, -0.15) is 0 Å². The summed E-state index contributed by atoms with van der Waals surface area (Å²) in [5.74, 6) is 0.242. The average molecular weight is 340 g/mol. The normalized spacial score (nSPS) is 17.5. The lowest BCUT2D eigenvalue weighted by Gasteiger charge is -2.30. The molecule has 2 aliphatic heterocycles. The number of nitrogens with one attached hydrogen (secondary N) is 1. The van der Waals surface area contributed by atoms with Gasteiger partial charge in [-0.3, -0.25) is 4.79 Å². The zero-order chi connectivity index (χ0) is 16.6. The van der Waals surface area contributed by atoms with E-state index in [1.54, 1.807) is 0 Å². The molecule has 0 spiro atoms. The summed E-state index contributed by atoms with van der Waals surface area (Å²) in [6.07, 6.45) is 0.887. The molecule has 8 heteroatoms. The lowest BCUT2D eigenvalue weighted by molar-refractivity contribution is 0.0904. The molecule has 2 heterocycles. The van der Waals surface area contributed by atoms with Crippen LogP contribution in [0.2, 0.25) is 5.02 Å². The average Bonchev–Trinajstić information content (AvgIpc) is 3.01. The Kier molecular flexibility index (Phi) is 4.21. The van der Waals surface area contributed by atoms with Gasteiger partial charge in [0.1, 0.15) is 5.75 Å². The third-order valence-corrected chi connectivity index (χ3v) is 4.63. The van der Waals surface area contributed by atoms with Crippen LogP contribution in [0.3, 0.4) is 0 Å². The smallest absolute Gasteiger partial charge is 0.407 e. The highest BCUT2D eigenvalue weighted by atomic mass is 35.5. The number of benzene rings is 1. The zero-order valence-electron chi connectivity index (χ0n) is 12.5. The Balaban J connectivity index is 1.72. The summed E-state index contributed by atoms with van der Waals surface area (Å²) in [6, 6.07) is 1.47. The minimum Gasteiger partial charge on any atom is -0.492 e. The highest BCUT2D eigenvalue weighted by molar-refractivity contribution is 6.33. The van der Waals surface area contributed by atoms with E-state index in [4.69, 9.17) is 27.2 Å². The van der Waals surface area contributed by atoms with Crippen LogP contribution >= 0.6 is 11.6 Å². The number of rotatable bonds is 2. The molecule has 2 amide bonds. The minimum atomic E-state index is -0.925. The maximum Gasteiger partial charge on any atom is 0.407 e. The van der Waals surface area contributed by atoms with Crippen molar-refractivity contribution in [3.05, 3.63) is 22.2 Å². The Morgan fingerprint density at radius 1 is 1.39 bits per heavy atom. The van der Waals surface area contributed by atoms with E-state index >= 15 is 0 Å². The molecule has 1 saturated heterocycles. The molecule has 0 aromatic heterocycles. The molecule has 2 aliphatic rings. The fraction of sp³-hybridized carbons (Fsp3) is 0.467. The summed E-state index contributed by atoms with van der Waals surface area (Å²) in [4.78, 5) is 24.8.